The summed E-state index contributed by atoms with van der Waals surface area (Å²) in [7, 11) is 0. The number of aromatic nitrogens is 5. The van der Waals surface area contributed by atoms with Crippen molar-refractivity contribution in [3.63, 3.8) is 0 Å². The molecular formula is C20H24FN7O. The number of carbonyl (C=O) groups is 1. The van der Waals surface area contributed by atoms with Crippen LogP contribution in [0, 0.1) is 19.7 Å². The Balaban J connectivity index is 1.35. The quantitative estimate of drug-likeness (QED) is 0.733. The lowest BCUT2D eigenvalue weighted by Crippen LogP contribution is -2.41. The van der Waals surface area contributed by atoms with Gasteiger partial charge in [-0.15, -0.1) is 5.10 Å². The van der Waals surface area contributed by atoms with E-state index in [4.69, 9.17) is 0 Å². The molecule has 1 N–H and O–H groups in total. The molecule has 4 rings (SSSR count). The molecule has 2 aromatic heterocycles. The van der Waals surface area contributed by atoms with Crippen molar-refractivity contribution in [3.8, 4) is 0 Å². The number of amides is 2. The van der Waals surface area contributed by atoms with Crippen LogP contribution in [0.2, 0.25) is 0 Å². The van der Waals surface area contributed by atoms with Crippen LogP contribution in [0.5, 0.6) is 0 Å². The van der Waals surface area contributed by atoms with E-state index in [9.17, 15) is 9.18 Å². The molecule has 2 amide bonds. The number of piperidine rings is 1. The molecule has 0 spiro atoms. The second-order valence-corrected chi connectivity index (χ2v) is 7.46. The first kappa shape index (κ1) is 19.1. The number of rotatable bonds is 4. The van der Waals surface area contributed by atoms with Gasteiger partial charge in [0.2, 0.25) is 0 Å². The predicted molar refractivity (Wildman–Crippen MR) is 106 cm³/mol. The normalized spacial score (nSPS) is 14.9. The standard InChI is InChI=1S/C20H24FN7O/c1-14-11-22-28(12-14)18-6-8-26(9-7-18)20(29)23-19-15(2)27(25-24-19)13-16-4-3-5-17(21)10-16/h3-5,10-12,18H,6-9,13H2,1-2H3,(H,23,29). The van der Waals surface area contributed by atoms with Gasteiger partial charge < -0.3 is 4.90 Å². The largest absolute Gasteiger partial charge is 0.324 e. The molecule has 1 saturated heterocycles. The summed E-state index contributed by atoms with van der Waals surface area (Å²) in [5.74, 6) is 0.138. The number of nitrogens with one attached hydrogen (secondary N) is 1. The van der Waals surface area contributed by atoms with Gasteiger partial charge in [-0.05, 0) is 49.9 Å². The number of anilines is 1. The molecule has 1 aliphatic heterocycles. The molecule has 1 aromatic carbocycles. The van der Waals surface area contributed by atoms with Gasteiger partial charge in [0.15, 0.2) is 5.82 Å². The first-order valence-corrected chi connectivity index (χ1v) is 9.71. The highest BCUT2D eigenvalue weighted by Gasteiger charge is 2.25. The van der Waals surface area contributed by atoms with Crippen LogP contribution in [0.4, 0.5) is 15.0 Å². The van der Waals surface area contributed by atoms with E-state index in [1.54, 1.807) is 15.6 Å². The summed E-state index contributed by atoms with van der Waals surface area (Å²) in [4.78, 5) is 14.4. The lowest BCUT2D eigenvalue weighted by atomic mass is 10.1. The van der Waals surface area contributed by atoms with Crippen LogP contribution in [0.25, 0.3) is 0 Å². The number of aryl methyl sites for hydroxylation is 1. The Bertz CT molecular complexity index is 1000. The lowest BCUT2D eigenvalue weighted by Gasteiger charge is -2.31. The molecule has 3 aromatic rings. The van der Waals surface area contributed by atoms with Crippen molar-refractivity contribution < 1.29 is 9.18 Å². The topological polar surface area (TPSA) is 80.9 Å². The van der Waals surface area contributed by atoms with Gasteiger partial charge in [-0.25, -0.2) is 13.9 Å². The maximum atomic E-state index is 13.4. The van der Waals surface area contributed by atoms with Gasteiger partial charge in [0.05, 0.1) is 24.5 Å². The fourth-order valence-electron chi connectivity index (χ4n) is 3.58. The van der Waals surface area contributed by atoms with Crippen molar-refractivity contribution in [2.45, 2.75) is 39.3 Å². The molecule has 1 fully saturated rings. The summed E-state index contributed by atoms with van der Waals surface area (Å²) >= 11 is 0. The highest BCUT2D eigenvalue weighted by atomic mass is 19.1. The summed E-state index contributed by atoms with van der Waals surface area (Å²) in [5, 5.41) is 15.4. The minimum Gasteiger partial charge on any atom is -0.324 e. The second kappa shape index (κ2) is 8.02. The van der Waals surface area contributed by atoms with E-state index >= 15 is 0 Å². The molecule has 0 atom stereocenters. The van der Waals surface area contributed by atoms with E-state index in [-0.39, 0.29) is 11.8 Å². The van der Waals surface area contributed by atoms with E-state index in [1.807, 2.05) is 37.0 Å². The smallest absolute Gasteiger partial charge is 0.323 e. The van der Waals surface area contributed by atoms with E-state index in [1.165, 1.54) is 12.1 Å². The maximum Gasteiger partial charge on any atom is 0.323 e. The molecule has 0 radical (unpaired) electrons. The van der Waals surface area contributed by atoms with Crippen molar-refractivity contribution in [1.29, 1.82) is 0 Å². The highest BCUT2D eigenvalue weighted by Crippen LogP contribution is 2.23. The molecule has 0 saturated carbocycles. The second-order valence-electron chi connectivity index (χ2n) is 7.46. The van der Waals surface area contributed by atoms with E-state index in [0.29, 0.717) is 31.5 Å². The molecule has 8 nitrogen and oxygen atoms in total. The third kappa shape index (κ3) is 4.28. The Labute approximate surface area is 168 Å². The van der Waals surface area contributed by atoms with Gasteiger partial charge in [0.25, 0.3) is 0 Å². The monoisotopic (exact) mass is 397 g/mol. The molecule has 0 aliphatic carbocycles. The molecule has 0 bridgehead atoms. The van der Waals surface area contributed by atoms with Crippen molar-refractivity contribution in [2.24, 2.45) is 0 Å². The van der Waals surface area contributed by atoms with Crippen molar-refractivity contribution in [1.82, 2.24) is 29.7 Å². The van der Waals surface area contributed by atoms with Gasteiger partial charge in [0, 0.05) is 19.3 Å². The average molecular weight is 397 g/mol. The minimum atomic E-state index is -0.289. The summed E-state index contributed by atoms with van der Waals surface area (Å²) in [5.41, 5.74) is 2.65. The molecule has 152 valence electrons. The summed E-state index contributed by atoms with van der Waals surface area (Å²) in [6.45, 7) is 5.57. The zero-order chi connectivity index (χ0) is 20.4. The zero-order valence-electron chi connectivity index (χ0n) is 16.5. The van der Waals surface area contributed by atoms with Crippen LogP contribution in [-0.4, -0.2) is 48.8 Å². The molecule has 9 heteroatoms. The first-order valence-electron chi connectivity index (χ1n) is 9.71. The van der Waals surface area contributed by atoms with Crippen LogP contribution in [0.1, 0.15) is 35.7 Å². The summed E-state index contributed by atoms with van der Waals surface area (Å²) in [6.07, 6.45) is 5.62. The van der Waals surface area contributed by atoms with Crippen LogP contribution in [0.15, 0.2) is 36.7 Å². The Hall–Kier alpha value is -3.23. The first-order chi connectivity index (χ1) is 14.0. The third-order valence-electron chi connectivity index (χ3n) is 5.29. The Morgan fingerprint density at radius 3 is 2.76 bits per heavy atom. The van der Waals surface area contributed by atoms with Crippen LogP contribution in [-0.2, 0) is 6.54 Å². The Morgan fingerprint density at radius 1 is 1.28 bits per heavy atom. The number of urea groups is 1. The summed E-state index contributed by atoms with van der Waals surface area (Å²) < 4.78 is 17.0. The maximum absolute atomic E-state index is 13.4. The van der Waals surface area contributed by atoms with Gasteiger partial charge in [0.1, 0.15) is 5.82 Å². The van der Waals surface area contributed by atoms with E-state index in [0.717, 1.165) is 29.7 Å². The average Bonchev–Trinajstić information content (AvgIpc) is 3.29. The Morgan fingerprint density at radius 2 is 2.07 bits per heavy atom. The van der Waals surface area contributed by atoms with Gasteiger partial charge in [-0.2, -0.15) is 5.10 Å². The van der Waals surface area contributed by atoms with Crippen LogP contribution >= 0.6 is 0 Å². The molecule has 3 heterocycles. The predicted octanol–water partition coefficient (Wildman–Crippen LogP) is 3.15. The third-order valence-corrected chi connectivity index (χ3v) is 5.29. The fourth-order valence-corrected chi connectivity index (χ4v) is 3.58. The van der Waals surface area contributed by atoms with Crippen LogP contribution in [0.3, 0.4) is 0 Å². The van der Waals surface area contributed by atoms with Crippen LogP contribution < -0.4 is 5.32 Å². The highest BCUT2D eigenvalue weighted by molar-refractivity contribution is 5.88. The number of benzene rings is 1. The number of likely N-dealkylation sites (tertiary alicyclic amines) is 1. The molecule has 1 aliphatic rings. The molecule has 0 unspecified atom stereocenters. The number of hydrogen-bond acceptors (Lipinski definition) is 4. The van der Waals surface area contributed by atoms with E-state index in [2.05, 4.69) is 20.7 Å². The van der Waals surface area contributed by atoms with Crippen molar-refractivity contribution >= 4 is 11.8 Å². The number of halogens is 1. The molecular weight excluding hydrogens is 373 g/mol. The van der Waals surface area contributed by atoms with Gasteiger partial charge in [-0.3, -0.25) is 10.00 Å². The number of carbonyl (C=O) groups excluding carboxylic acids is 1. The van der Waals surface area contributed by atoms with E-state index < -0.39 is 0 Å². The lowest BCUT2D eigenvalue weighted by molar-refractivity contribution is 0.180. The number of nitrogens with zero attached hydrogens (tertiary/aromatic N) is 6. The number of hydrogen-bond donors (Lipinski definition) is 1. The fraction of sp³-hybridized carbons (Fsp3) is 0.400. The van der Waals surface area contributed by atoms with Gasteiger partial charge in [-0.1, -0.05) is 17.3 Å². The van der Waals surface area contributed by atoms with Gasteiger partial charge >= 0.3 is 6.03 Å². The van der Waals surface area contributed by atoms with Crippen molar-refractivity contribution in [2.75, 3.05) is 18.4 Å². The molecule has 29 heavy (non-hydrogen) atoms. The summed E-state index contributed by atoms with van der Waals surface area (Å²) in [6, 6.07) is 6.49. The SMILES string of the molecule is Cc1cnn(C2CCN(C(=O)Nc3nnn(Cc4cccc(F)c4)c3C)CC2)c1. The Kier molecular flexibility index (Phi) is 5.28. The van der Waals surface area contributed by atoms with Crippen molar-refractivity contribution in [3.05, 3.63) is 59.3 Å². The minimum absolute atomic E-state index is 0.180. The zero-order valence-corrected chi connectivity index (χ0v) is 16.5.